The van der Waals surface area contributed by atoms with Crippen LogP contribution in [0.4, 0.5) is 14.5 Å². The molecule has 1 amide bonds. The molecule has 5 nitrogen and oxygen atoms in total. The number of aryl methyl sites for hydroxylation is 1. The number of hydrogen-bond acceptors (Lipinski definition) is 3. The number of nitrogens with one attached hydrogen (secondary N) is 1. The van der Waals surface area contributed by atoms with E-state index in [1.165, 1.54) is 6.07 Å². The second kappa shape index (κ2) is 8.39. The largest absolute Gasteiger partial charge is 0.423 e. The molecule has 0 bridgehead atoms. The lowest BCUT2D eigenvalue weighted by Crippen LogP contribution is -2.12. The molecule has 0 spiro atoms. The molecule has 0 saturated carbocycles. The lowest BCUT2D eigenvalue weighted by molar-refractivity contribution is 0.0734. The number of rotatable bonds is 5. The highest BCUT2D eigenvalue weighted by atomic mass is 19.1. The maximum atomic E-state index is 13.9. The number of ether oxygens (including phenoxy) is 1. The summed E-state index contributed by atoms with van der Waals surface area (Å²) in [6.45, 7) is 2.47. The quantitative estimate of drug-likeness (QED) is 0.347. The molecule has 31 heavy (non-hydrogen) atoms. The van der Waals surface area contributed by atoms with E-state index < -0.39 is 23.5 Å². The summed E-state index contributed by atoms with van der Waals surface area (Å²) in [4.78, 5) is 25.1. The number of fused-ring (bicyclic) bond motifs is 1. The average molecular weight is 420 g/mol. The van der Waals surface area contributed by atoms with E-state index in [9.17, 15) is 18.4 Å². The number of halogens is 2. The summed E-state index contributed by atoms with van der Waals surface area (Å²) in [6.07, 6.45) is 1.64. The zero-order valence-corrected chi connectivity index (χ0v) is 16.6. The molecule has 1 heterocycles. The molecular formula is C24H18F2N2O3. The van der Waals surface area contributed by atoms with Crippen molar-refractivity contribution in [2.75, 3.05) is 5.32 Å². The first-order chi connectivity index (χ1) is 15.0. The molecule has 0 unspecified atom stereocenters. The van der Waals surface area contributed by atoms with Crippen molar-refractivity contribution in [2.45, 2.75) is 13.5 Å². The zero-order valence-electron chi connectivity index (χ0n) is 16.6. The van der Waals surface area contributed by atoms with Gasteiger partial charge in [0.25, 0.3) is 5.91 Å². The Labute approximate surface area is 176 Å². The van der Waals surface area contributed by atoms with E-state index in [1.54, 1.807) is 54.7 Å². The lowest BCUT2D eigenvalue weighted by atomic mass is 10.1. The summed E-state index contributed by atoms with van der Waals surface area (Å²) in [6, 6.07) is 16.5. The Balaban J connectivity index is 1.63. The van der Waals surface area contributed by atoms with Crippen molar-refractivity contribution < 1.29 is 23.1 Å². The second-order valence-corrected chi connectivity index (χ2v) is 6.84. The van der Waals surface area contributed by atoms with Crippen molar-refractivity contribution >= 4 is 28.5 Å². The van der Waals surface area contributed by atoms with Crippen molar-refractivity contribution in [3.63, 3.8) is 0 Å². The van der Waals surface area contributed by atoms with Gasteiger partial charge in [-0.2, -0.15) is 0 Å². The molecule has 4 rings (SSSR count). The van der Waals surface area contributed by atoms with Crippen LogP contribution in [0, 0.1) is 11.6 Å². The van der Waals surface area contributed by atoms with Crippen LogP contribution in [0.3, 0.4) is 0 Å². The molecule has 3 aromatic carbocycles. The number of carbonyl (C=O) groups excluding carboxylic acids is 2. The smallest absolute Gasteiger partial charge is 0.343 e. The summed E-state index contributed by atoms with van der Waals surface area (Å²) in [5.41, 5.74) is 1.32. The van der Waals surface area contributed by atoms with E-state index in [0.29, 0.717) is 40.4 Å². The van der Waals surface area contributed by atoms with Gasteiger partial charge in [-0.25, -0.2) is 13.6 Å². The Morgan fingerprint density at radius 1 is 1.00 bits per heavy atom. The van der Waals surface area contributed by atoms with E-state index in [4.69, 9.17) is 4.74 Å². The topological polar surface area (TPSA) is 60.3 Å². The molecule has 156 valence electrons. The van der Waals surface area contributed by atoms with Gasteiger partial charge in [0, 0.05) is 30.3 Å². The molecule has 0 aliphatic carbocycles. The van der Waals surface area contributed by atoms with E-state index in [1.807, 2.05) is 11.5 Å². The van der Waals surface area contributed by atoms with Crippen molar-refractivity contribution in [1.29, 1.82) is 0 Å². The summed E-state index contributed by atoms with van der Waals surface area (Å²) in [7, 11) is 0. The van der Waals surface area contributed by atoms with Crippen LogP contribution in [-0.2, 0) is 6.54 Å². The maximum absolute atomic E-state index is 13.9. The van der Waals surface area contributed by atoms with Crippen molar-refractivity contribution in [2.24, 2.45) is 0 Å². The summed E-state index contributed by atoms with van der Waals surface area (Å²) in [5, 5.41) is 3.08. The first kappa shape index (κ1) is 20.3. The van der Waals surface area contributed by atoms with Crippen LogP contribution in [0.2, 0.25) is 0 Å². The Kier molecular flexibility index (Phi) is 5.49. The van der Waals surface area contributed by atoms with Gasteiger partial charge in [0.15, 0.2) is 0 Å². The lowest BCUT2D eigenvalue weighted by Gasteiger charge is -2.07. The number of benzene rings is 3. The van der Waals surface area contributed by atoms with E-state index in [0.717, 1.165) is 6.07 Å². The van der Waals surface area contributed by atoms with Gasteiger partial charge < -0.3 is 14.6 Å². The Bertz CT molecular complexity index is 1280. The first-order valence-electron chi connectivity index (χ1n) is 9.63. The molecule has 4 aromatic rings. The van der Waals surface area contributed by atoms with Gasteiger partial charge in [0.1, 0.15) is 17.4 Å². The molecule has 0 aliphatic heterocycles. The van der Waals surface area contributed by atoms with Crippen LogP contribution < -0.4 is 10.1 Å². The molecule has 1 N–H and O–H groups in total. The number of nitrogens with zero attached hydrogens (tertiary/aromatic N) is 1. The number of amides is 1. The van der Waals surface area contributed by atoms with Crippen LogP contribution in [0.15, 0.2) is 72.9 Å². The fourth-order valence-electron chi connectivity index (χ4n) is 3.30. The highest BCUT2D eigenvalue weighted by Gasteiger charge is 2.18. The number of hydrogen-bond donors (Lipinski definition) is 1. The molecule has 0 fully saturated rings. The Morgan fingerprint density at radius 2 is 1.77 bits per heavy atom. The third-order valence-electron chi connectivity index (χ3n) is 4.84. The highest BCUT2D eigenvalue weighted by Crippen LogP contribution is 2.28. The Hall–Kier alpha value is -4.00. The van der Waals surface area contributed by atoms with Gasteiger partial charge in [-0.3, -0.25) is 4.79 Å². The monoisotopic (exact) mass is 420 g/mol. The Morgan fingerprint density at radius 3 is 2.48 bits per heavy atom. The molecule has 0 aliphatic rings. The van der Waals surface area contributed by atoms with Gasteiger partial charge in [0.05, 0.1) is 22.3 Å². The maximum Gasteiger partial charge on any atom is 0.343 e. The average Bonchev–Trinajstić information content (AvgIpc) is 3.14. The van der Waals surface area contributed by atoms with Crippen LogP contribution in [-0.4, -0.2) is 16.4 Å². The predicted molar refractivity (Wildman–Crippen MR) is 113 cm³/mol. The van der Waals surface area contributed by atoms with Gasteiger partial charge in [-0.05, 0) is 43.3 Å². The number of anilines is 1. The fourth-order valence-corrected chi connectivity index (χ4v) is 3.30. The molecular weight excluding hydrogens is 402 g/mol. The minimum Gasteiger partial charge on any atom is -0.423 e. The number of aromatic nitrogens is 1. The number of carbonyl (C=O) groups is 2. The van der Waals surface area contributed by atoms with Gasteiger partial charge in [-0.15, -0.1) is 0 Å². The second-order valence-electron chi connectivity index (χ2n) is 6.84. The standard InChI is InChI=1S/C24H18F2N2O3/c1-2-28-14-19(23(29)27-21-11-8-16(25)12-20(21)26)18-10-9-17(13-22(18)28)31-24(30)15-6-4-3-5-7-15/h3-14H,2H2,1H3,(H,27,29). The van der Waals surface area contributed by atoms with Crippen molar-refractivity contribution in [1.82, 2.24) is 4.57 Å². The third-order valence-corrected chi connectivity index (χ3v) is 4.84. The minimum absolute atomic E-state index is 0.114. The van der Waals surface area contributed by atoms with Crippen molar-refractivity contribution in [3.05, 3.63) is 95.7 Å². The normalized spacial score (nSPS) is 10.8. The van der Waals surface area contributed by atoms with Crippen LogP contribution in [0.5, 0.6) is 5.75 Å². The molecule has 7 heteroatoms. The van der Waals surface area contributed by atoms with Gasteiger partial charge in [-0.1, -0.05) is 18.2 Å². The van der Waals surface area contributed by atoms with Crippen LogP contribution in [0.25, 0.3) is 10.9 Å². The zero-order chi connectivity index (χ0) is 22.0. The molecule has 0 saturated heterocycles. The molecule has 0 radical (unpaired) electrons. The SMILES string of the molecule is CCn1cc(C(=O)Nc2ccc(F)cc2F)c2ccc(OC(=O)c3ccccc3)cc21. The summed E-state index contributed by atoms with van der Waals surface area (Å²) >= 11 is 0. The van der Waals surface area contributed by atoms with E-state index >= 15 is 0 Å². The van der Waals surface area contributed by atoms with Crippen LogP contribution in [0.1, 0.15) is 27.6 Å². The molecule has 0 atom stereocenters. The predicted octanol–water partition coefficient (Wildman–Crippen LogP) is 5.41. The number of esters is 1. The summed E-state index contributed by atoms with van der Waals surface area (Å²) < 4.78 is 34.3. The van der Waals surface area contributed by atoms with Crippen molar-refractivity contribution in [3.8, 4) is 5.75 Å². The van der Waals surface area contributed by atoms with Gasteiger partial charge in [0.2, 0.25) is 0 Å². The van der Waals surface area contributed by atoms with Crippen LogP contribution >= 0.6 is 0 Å². The summed E-state index contributed by atoms with van der Waals surface area (Å²) in [5.74, 6) is -2.26. The third kappa shape index (κ3) is 4.16. The highest BCUT2D eigenvalue weighted by molar-refractivity contribution is 6.13. The van der Waals surface area contributed by atoms with E-state index in [-0.39, 0.29) is 5.69 Å². The first-order valence-corrected chi connectivity index (χ1v) is 9.63. The fraction of sp³-hybridized carbons (Fsp3) is 0.0833. The van der Waals surface area contributed by atoms with E-state index in [2.05, 4.69) is 5.32 Å². The van der Waals surface area contributed by atoms with Gasteiger partial charge >= 0.3 is 5.97 Å². The molecule has 1 aromatic heterocycles. The minimum atomic E-state index is -0.859.